The van der Waals surface area contributed by atoms with Crippen molar-refractivity contribution in [3.05, 3.63) is 56.2 Å². The Morgan fingerprint density at radius 3 is 3.05 bits per heavy atom. The molecular weight excluding hydrogens is 332 g/mol. The van der Waals surface area contributed by atoms with Gasteiger partial charge in [0.05, 0.1) is 12.3 Å². The fourth-order valence-electron chi connectivity index (χ4n) is 2.72. The molecule has 21 heavy (non-hydrogen) atoms. The van der Waals surface area contributed by atoms with E-state index < -0.39 is 0 Å². The second-order valence-electron chi connectivity index (χ2n) is 5.19. The Hall–Kier alpha value is -1.62. The summed E-state index contributed by atoms with van der Waals surface area (Å²) in [5, 5.41) is 0. The lowest BCUT2D eigenvalue weighted by molar-refractivity contribution is 0.274. The van der Waals surface area contributed by atoms with Crippen LogP contribution in [-0.4, -0.2) is 16.6 Å². The minimum Gasteiger partial charge on any atom is -0.493 e. The number of H-pyrrole nitrogens is 1. The number of nitrogens with zero attached hydrogens (tertiary/aromatic N) is 1. The third kappa shape index (κ3) is 2.75. The molecule has 0 saturated heterocycles. The number of hydrogen-bond acceptors (Lipinski definition) is 3. The quantitative estimate of drug-likeness (QED) is 0.924. The zero-order valence-electron chi connectivity index (χ0n) is 11.9. The number of aromatic amines is 1. The standard InChI is InChI=1S/C16H17BrN2O2/c1-2-5-12-14(17)16(20)19-15(18-12)11-8-9-21-13-7-4-3-6-10(11)13/h3-4,6-7,11H,2,5,8-9H2,1H3,(H,18,19,20). The molecule has 1 N–H and O–H groups in total. The normalized spacial score (nSPS) is 17.1. The van der Waals surface area contributed by atoms with Crippen LogP contribution in [0.4, 0.5) is 0 Å². The Labute approximate surface area is 131 Å². The van der Waals surface area contributed by atoms with Crippen LogP contribution in [-0.2, 0) is 6.42 Å². The van der Waals surface area contributed by atoms with Crippen molar-refractivity contribution in [2.24, 2.45) is 0 Å². The van der Waals surface area contributed by atoms with Crippen molar-refractivity contribution in [1.82, 2.24) is 9.97 Å². The lowest BCUT2D eigenvalue weighted by Gasteiger charge is -2.25. The number of nitrogens with one attached hydrogen (secondary N) is 1. The van der Waals surface area contributed by atoms with E-state index in [-0.39, 0.29) is 11.5 Å². The first-order valence-corrected chi connectivity index (χ1v) is 8.00. The predicted octanol–water partition coefficient (Wildman–Crippen LogP) is 3.40. The van der Waals surface area contributed by atoms with Crippen LogP contribution in [0.15, 0.2) is 33.5 Å². The van der Waals surface area contributed by atoms with Crippen LogP contribution < -0.4 is 10.3 Å². The van der Waals surface area contributed by atoms with Crippen molar-refractivity contribution in [1.29, 1.82) is 0 Å². The molecule has 0 saturated carbocycles. The van der Waals surface area contributed by atoms with E-state index in [1.807, 2.05) is 24.3 Å². The lowest BCUT2D eigenvalue weighted by atomic mass is 9.92. The van der Waals surface area contributed by atoms with Crippen LogP contribution in [0.25, 0.3) is 0 Å². The van der Waals surface area contributed by atoms with E-state index >= 15 is 0 Å². The van der Waals surface area contributed by atoms with Crippen molar-refractivity contribution in [2.45, 2.75) is 32.1 Å². The number of aromatic nitrogens is 2. The van der Waals surface area contributed by atoms with E-state index in [9.17, 15) is 4.79 Å². The summed E-state index contributed by atoms with van der Waals surface area (Å²) in [4.78, 5) is 19.7. The van der Waals surface area contributed by atoms with Gasteiger partial charge in [-0.25, -0.2) is 4.98 Å². The van der Waals surface area contributed by atoms with Crippen LogP contribution >= 0.6 is 15.9 Å². The summed E-state index contributed by atoms with van der Waals surface area (Å²) < 4.78 is 6.23. The van der Waals surface area contributed by atoms with Gasteiger partial charge in [0.2, 0.25) is 0 Å². The van der Waals surface area contributed by atoms with Gasteiger partial charge >= 0.3 is 0 Å². The highest BCUT2D eigenvalue weighted by Crippen LogP contribution is 2.36. The first kappa shape index (κ1) is 14.3. The van der Waals surface area contributed by atoms with Crippen molar-refractivity contribution in [2.75, 3.05) is 6.61 Å². The summed E-state index contributed by atoms with van der Waals surface area (Å²) in [6.45, 7) is 2.73. The van der Waals surface area contributed by atoms with Crippen LogP contribution in [0.3, 0.4) is 0 Å². The monoisotopic (exact) mass is 348 g/mol. The Bertz CT molecular complexity index is 712. The molecule has 1 unspecified atom stereocenters. The second-order valence-corrected chi connectivity index (χ2v) is 5.98. The Morgan fingerprint density at radius 2 is 2.24 bits per heavy atom. The molecule has 2 heterocycles. The molecule has 0 fully saturated rings. The molecule has 0 spiro atoms. The highest BCUT2D eigenvalue weighted by molar-refractivity contribution is 9.10. The summed E-state index contributed by atoms with van der Waals surface area (Å²) in [6.07, 6.45) is 2.58. The molecule has 0 bridgehead atoms. The molecule has 5 heteroatoms. The molecule has 1 atom stereocenters. The Balaban J connectivity index is 2.08. The van der Waals surface area contributed by atoms with Crippen molar-refractivity contribution < 1.29 is 4.74 Å². The highest BCUT2D eigenvalue weighted by Gasteiger charge is 2.25. The summed E-state index contributed by atoms with van der Waals surface area (Å²) >= 11 is 3.34. The third-order valence-corrected chi connectivity index (χ3v) is 4.54. The van der Waals surface area contributed by atoms with Gasteiger partial charge < -0.3 is 9.72 Å². The first-order chi connectivity index (χ1) is 10.2. The molecular formula is C16H17BrN2O2. The number of halogens is 1. The molecule has 1 aliphatic rings. The van der Waals surface area contributed by atoms with Gasteiger partial charge in [0.1, 0.15) is 16.0 Å². The van der Waals surface area contributed by atoms with Gasteiger partial charge in [0.15, 0.2) is 0 Å². The maximum atomic E-state index is 12.1. The van der Waals surface area contributed by atoms with Gasteiger partial charge in [-0.3, -0.25) is 4.79 Å². The van der Waals surface area contributed by atoms with Crippen LogP contribution in [0.5, 0.6) is 5.75 Å². The maximum Gasteiger partial charge on any atom is 0.265 e. The maximum absolute atomic E-state index is 12.1. The van der Waals surface area contributed by atoms with Gasteiger partial charge in [-0.1, -0.05) is 31.5 Å². The van der Waals surface area contributed by atoms with E-state index in [1.165, 1.54) is 0 Å². The van der Waals surface area contributed by atoms with E-state index in [1.54, 1.807) is 0 Å². The molecule has 0 amide bonds. The molecule has 0 radical (unpaired) electrons. The summed E-state index contributed by atoms with van der Waals surface area (Å²) in [5.74, 6) is 1.71. The molecule has 1 aromatic heterocycles. The fraction of sp³-hybridized carbons (Fsp3) is 0.375. The van der Waals surface area contributed by atoms with E-state index in [2.05, 4.69) is 32.8 Å². The molecule has 110 valence electrons. The van der Waals surface area contributed by atoms with E-state index in [4.69, 9.17) is 4.74 Å². The highest BCUT2D eigenvalue weighted by atomic mass is 79.9. The van der Waals surface area contributed by atoms with Crippen molar-refractivity contribution in [3.8, 4) is 5.75 Å². The largest absolute Gasteiger partial charge is 0.493 e. The molecule has 4 nitrogen and oxygen atoms in total. The number of hydrogen-bond donors (Lipinski definition) is 1. The number of aryl methyl sites for hydroxylation is 1. The number of benzene rings is 1. The minimum atomic E-state index is -0.104. The molecule has 1 aromatic carbocycles. The zero-order chi connectivity index (χ0) is 14.8. The average Bonchev–Trinajstić information content (AvgIpc) is 2.51. The van der Waals surface area contributed by atoms with E-state index in [0.29, 0.717) is 11.1 Å². The first-order valence-electron chi connectivity index (χ1n) is 7.21. The average molecular weight is 349 g/mol. The van der Waals surface area contributed by atoms with Gasteiger partial charge in [0.25, 0.3) is 5.56 Å². The third-order valence-electron chi connectivity index (χ3n) is 3.73. The van der Waals surface area contributed by atoms with Gasteiger partial charge in [0, 0.05) is 11.5 Å². The van der Waals surface area contributed by atoms with Crippen molar-refractivity contribution in [3.63, 3.8) is 0 Å². The molecule has 3 rings (SSSR count). The topological polar surface area (TPSA) is 55.0 Å². The summed E-state index contributed by atoms with van der Waals surface area (Å²) in [5.41, 5.74) is 1.82. The number of ether oxygens (including phenoxy) is 1. The van der Waals surface area contributed by atoms with Crippen LogP contribution in [0.2, 0.25) is 0 Å². The lowest BCUT2D eigenvalue weighted by Crippen LogP contribution is -2.22. The summed E-state index contributed by atoms with van der Waals surface area (Å²) in [6, 6.07) is 7.96. The second kappa shape index (κ2) is 6.02. The zero-order valence-corrected chi connectivity index (χ0v) is 13.4. The smallest absolute Gasteiger partial charge is 0.265 e. The minimum absolute atomic E-state index is 0.0892. The summed E-state index contributed by atoms with van der Waals surface area (Å²) in [7, 11) is 0. The predicted molar refractivity (Wildman–Crippen MR) is 84.9 cm³/mol. The van der Waals surface area contributed by atoms with Crippen LogP contribution in [0, 0.1) is 0 Å². The van der Waals surface area contributed by atoms with Crippen molar-refractivity contribution >= 4 is 15.9 Å². The van der Waals surface area contributed by atoms with Gasteiger partial charge in [-0.05, 0) is 34.8 Å². The molecule has 2 aromatic rings. The number of fused-ring (bicyclic) bond motifs is 1. The van der Waals surface area contributed by atoms with Gasteiger partial charge in [-0.2, -0.15) is 0 Å². The molecule has 0 aliphatic carbocycles. The number of para-hydroxylation sites is 1. The van der Waals surface area contributed by atoms with E-state index in [0.717, 1.165) is 42.1 Å². The SMILES string of the molecule is CCCc1nc(C2CCOc3ccccc32)[nH]c(=O)c1Br. The molecule has 1 aliphatic heterocycles. The Morgan fingerprint density at radius 1 is 1.43 bits per heavy atom. The Kier molecular flexibility index (Phi) is 4.10. The van der Waals surface area contributed by atoms with Crippen LogP contribution in [0.1, 0.15) is 42.8 Å². The number of rotatable bonds is 3. The van der Waals surface area contributed by atoms with Gasteiger partial charge in [-0.15, -0.1) is 0 Å². The fourth-order valence-corrected chi connectivity index (χ4v) is 3.10.